The van der Waals surface area contributed by atoms with Crippen LogP contribution in [0.2, 0.25) is 0 Å². The Morgan fingerprint density at radius 2 is 1.52 bits per heavy atom. The minimum Gasteiger partial charge on any atom is -0.357 e. The van der Waals surface area contributed by atoms with Crippen molar-refractivity contribution in [3.05, 3.63) is 0 Å². The average Bonchev–Trinajstić information content (AvgIpc) is 3.26. The van der Waals surface area contributed by atoms with Gasteiger partial charge in [0.25, 0.3) is 0 Å². The molecule has 0 aromatic carbocycles. The number of hydrogen-bond acceptors (Lipinski definition) is 3. The van der Waals surface area contributed by atoms with Crippen molar-refractivity contribution in [1.29, 1.82) is 0 Å². The Balaban J connectivity index is 1.59. The van der Waals surface area contributed by atoms with Gasteiger partial charge in [0.05, 0.1) is 0 Å². The van der Waals surface area contributed by atoms with E-state index in [1.807, 2.05) is 4.90 Å². The Morgan fingerprint density at radius 1 is 0.889 bits per heavy atom. The molecule has 1 saturated carbocycles. The zero-order valence-electron chi connectivity index (χ0n) is 17.3. The highest BCUT2D eigenvalue weighted by Gasteiger charge is 2.38. The number of amides is 1. The van der Waals surface area contributed by atoms with Crippen LogP contribution in [-0.2, 0) is 4.79 Å². The molecule has 3 rings (SSSR count). The molecule has 1 amide bonds. The molecule has 6 heteroatoms. The van der Waals surface area contributed by atoms with Gasteiger partial charge in [-0.3, -0.25) is 9.69 Å². The number of guanidine groups is 1. The molecule has 2 N–H and O–H groups in total. The smallest absolute Gasteiger partial charge is 0.244 e. The van der Waals surface area contributed by atoms with E-state index in [4.69, 9.17) is 0 Å². The summed E-state index contributed by atoms with van der Waals surface area (Å²) < 4.78 is 0. The standard InChI is InChI=1S/C21H39N5O/c1-2-22-20(23-17-19(27)25-13-9-10-14-25)24-18-21(11-5-3-6-12-21)26-15-7-4-8-16-26/h2-18H2,1H3,(H2,22,23,24). The summed E-state index contributed by atoms with van der Waals surface area (Å²) in [4.78, 5) is 21.6. The summed E-state index contributed by atoms with van der Waals surface area (Å²) in [5.41, 5.74) is 0.272. The number of rotatable bonds is 6. The third-order valence-electron chi connectivity index (χ3n) is 6.57. The van der Waals surface area contributed by atoms with Crippen LogP contribution in [0.5, 0.6) is 0 Å². The minimum atomic E-state index is 0.160. The number of carbonyl (C=O) groups excluding carboxylic acids is 1. The third-order valence-corrected chi connectivity index (χ3v) is 6.57. The number of nitrogens with zero attached hydrogens (tertiary/aromatic N) is 3. The predicted molar refractivity (Wildman–Crippen MR) is 111 cm³/mol. The van der Waals surface area contributed by atoms with E-state index in [9.17, 15) is 4.79 Å². The van der Waals surface area contributed by atoms with Crippen LogP contribution in [0.25, 0.3) is 0 Å². The lowest BCUT2D eigenvalue weighted by atomic mass is 9.79. The van der Waals surface area contributed by atoms with Gasteiger partial charge in [0.2, 0.25) is 5.91 Å². The normalized spacial score (nSPS) is 24.0. The quantitative estimate of drug-likeness (QED) is 0.551. The highest BCUT2D eigenvalue weighted by Crippen LogP contribution is 2.35. The third kappa shape index (κ3) is 5.59. The molecule has 2 saturated heterocycles. The van der Waals surface area contributed by atoms with Crippen molar-refractivity contribution < 1.29 is 4.79 Å². The Kier molecular flexibility index (Phi) is 7.80. The second kappa shape index (κ2) is 10.3. The first-order valence-corrected chi connectivity index (χ1v) is 11.3. The van der Waals surface area contributed by atoms with Crippen molar-refractivity contribution in [2.75, 3.05) is 45.8 Å². The summed E-state index contributed by atoms with van der Waals surface area (Å²) in [6.45, 7) is 8.38. The van der Waals surface area contributed by atoms with Crippen LogP contribution in [0.15, 0.2) is 4.99 Å². The van der Waals surface area contributed by atoms with Crippen molar-refractivity contribution in [2.24, 2.45) is 4.99 Å². The fourth-order valence-electron chi connectivity index (χ4n) is 4.99. The number of hydrogen-bond donors (Lipinski definition) is 2. The zero-order chi connectivity index (χ0) is 19.0. The molecule has 2 aliphatic heterocycles. The minimum absolute atomic E-state index is 0.160. The first-order valence-electron chi connectivity index (χ1n) is 11.3. The molecule has 3 fully saturated rings. The molecule has 27 heavy (non-hydrogen) atoms. The lowest BCUT2D eigenvalue weighted by Crippen LogP contribution is -2.59. The topological polar surface area (TPSA) is 60.0 Å². The second-order valence-corrected chi connectivity index (χ2v) is 8.47. The molecule has 1 aliphatic carbocycles. The van der Waals surface area contributed by atoms with Gasteiger partial charge >= 0.3 is 0 Å². The highest BCUT2D eigenvalue weighted by atomic mass is 16.2. The zero-order valence-corrected chi connectivity index (χ0v) is 17.3. The van der Waals surface area contributed by atoms with Crippen LogP contribution >= 0.6 is 0 Å². The summed E-state index contributed by atoms with van der Waals surface area (Å²) in [5, 5.41) is 6.94. The molecular formula is C21H39N5O. The van der Waals surface area contributed by atoms with E-state index in [2.05, 4.69) is 27.4 Å². The van der Waals surface area contributed by atoms with E-state index >= 15 is 0 Å². The molecule has 0 aromatic rings. The number of nitrogens with one attached hydrogen (secondary N) is 2. The van der Waals surface area contributed by atoms with Gasteiger partial charge in [-0.05, 0) is 58.5 Å². The second-order valence-electron chi connectivity index (χ2n) is 8.47. The van der Waals surface area contributed by atoms with Crippen LogP contribution in [0.3, 0.4) is 0 Å². The number of carbonyl (C=O) groups is 1. The summed E-state index contributed by atoms with van der Waals surface area (Å²) >= 11 is 0. The van der Waals surface area contributed by atoms with Gasteiger partial charge in [0, 0.05) is 31.7 Å². The highest BCUT2D eigenvalue weighted by molar-refractivity contribution is 5.85. The molecule has 0 bridgehead atoms. The molecule has 0 unspecified atom stereocenters. The SMILES string of the molecule is CCNC(=NCC(=O)N1CCCC1)NCC1(N2CCCCC2)CCCCC1. The molecule has 2 heterocycles. The van der Waals surface area contributed by atoms with E-state index in [1.54, 1.807) is 0 Å². The van der Waals surface area contributed by atoms with Crippen molar-refractivity contribution in [3.63, 3.8) is 0 Å². The van der Waals surface area contributed by atoms with E-state index in [-0.39, 0.29) is 18.0 Å². The first kappa shape index (κ1) is 20.4. The van der Waals surface area contributed by atoms with Gasteiger partial charge in [-0.25, -0.2) is 4.99 Å². The lowest BCUT2D eigenvalue weighted by molar-refractivity contribution is -0.128. The van der Waals surface area contributed by atoms with E-state index in [0.717, 1.165) is 45.0 Å². The Morgan fingerprint density at radius 3 is 2.19 bits per heavy atom. The maximum atomic E-state index is 12.3. The van der Waals surface area contributed by atoms with E-state index in [0.29, 0.717) is 0 Å². The van der Waals surface area contributed by atoms with Crippen LogP contribution in [0, 0.1) is 0 Å². The van der Waals surface area contributed by atoms with E-state index < -0.39 is 0 Å². The number of aliphatic imine (C=N–C) groups is 1. The van der Waals surface area contributed by atoms with Gasteiger partial charge in [-0.1, -0.05) is 25.7 Å². The summed E-state index contributed by atoms with van der Waals surface area (Å²) in [5.74, 6) is 0.958. The van der Waals surface area contributed by atoms with Gasteiger partial charge in [-0.15, -0.1) is 0 Å². The fourth-order valence-corrected chi connectivity index (χ4v) is 4.99. The van der Waals surface area contributed by atoms with Crippen LogP contribution in [0.4, 0.5) is 0 Å². The summed E-state index contributed by atoms with van der Waals surface area (Å²) in [6, 6.07) is 0. The molecule has 0 aromatic heterocycles. The van der Waals surface area contributed by atoms with E-state index in [1.165, 1.54) is 64.5 Å². The summed E-state index contributed by atoms with van der Waals surface area (Å²) in [6.07, 6.45) is 12.9. The molecular weight excluding hydrogens is 338 g/mol. The molecule has 154 valence electrons. The van der Waals surface area contributed by atoms with Gasteiger partial charge in [0.15, 0.2) is 5.96 Å². The molecule has 0 atom stereocenters. The largest absolute Gasteiger partial charge is 0.357 e. The fraction of sp³-hybridized carbons (Fsp3) is 0.905. The van der Waals surface area contributed by atoms with Crippen LogP contribution < -0.4 is 10.6 Å². The van der Waals surface area contributed by atoms with Gasteiger partial charge < -0.3 is 15.5 Å². The monoisotopic (exact) mass is 377 g/mol. The molecule has 0 radical (unpaired) electrons. The van der Waals surface area contributed by atoms with Crippen molar-refractivity contribution in [2.45, 2.75) is 76.7 Å². The Bertz CT molecular complexity index is 489. The molecule has 0 spiro atoms. The number of piperidine rings is 1. The van der Waals surface area contributed by atoms with Crippen molar-refractivity contribution in [3.8, 4) is 0 Å². The molecule has 6 nitrogen and oxygen atoms in total. The maximum absolute atomic E-state index is 12.3. The molecule has 3 aliphatic rings. The van der Waals surface area contributed by atoms with Crippen LogP contribution in [0.1, 0.15) is 71.1 Å². The predicted octanol–water partition coefficient (Wildman–Crippen LogP) is 2.35. The maximum Gasteiger partial charge on any atom is 0.244 e. The Labute approximate surface area is 165 Å². The average molecular weight is 378 g/mol. The lowest BCUT2D eigenvalue weighted by Gasteiger charge is -2.48. The Hall–Kier alpha value is -1.30. The van der Waals surface area contributed by atoms with Crippen molar-refractivity contribution in [1.82, 2.24) is 20.4 Å². The van der Waals surface area contributed by atoms with Crippen molar-refractivity contribution >= 4 is 11.9 Å². The first-order chi connectivity index (χ1) is 13.2. The van der Waals surface area contributed by atoms with Crippen LogP contribution in [-0.4, -0.2) is 73.0 Å². The number of likely N-dealkylation sites (tertiary alicyclic amines) is 2. The summed E-state index contributed by atoms with van der Waals surface area (Å²) in [7, 11) is 0. The van der Waals surface area contributed by atoms with Gasteiger partial charge in [0.1, 0.15) is 6.54 Å². The van der Waals surface area contributed by atoms with Gasteiger partial charge in [-0.2, -0.15) is 0 Å².